The van der Waals surface area contributed by atoms with Crippen molar-refractivity contribution in [1.29, 1.82) is 0 Å². The normalized spacial score (nSPS) is 11.4. The van der Waals surface area contributed by atoms with Gasteiger partial charge in [-0.25, -0.2) is 18.5 Å². The summed E-state index contributed by atoms with van der Waals surface area (Å²) in [6.07, 6.45) is 0.0989. The maximum atomic E-state index is 12.5. The van der Waals surface area contributed by atoms with Crippen LogP contribution in [0, 0.1) is 6.92 Å². The van der Waals surface area contributed by atoms with Crippen molar-refractivity contribution in [1.82, 2.24) is 9.36 Å². The van der Waals surface area contributed by atoms with E-state index in [2.05, 4.69) is 14.7 Å². The topological polar surface area (TPSA) is 145 Å². The van der Waals surface area contributed by atoms with Gasteiger partial charge in [-0.15, -0.1) is 0 Å². The SMILES string of the molecule is CC(=O)Cc1nsc(NC(=O)c2cc(-c3cccc(S(N)(=O)=O)c3)oc2C)n1. The minimum absolute atomic E-state index is 0.0584. The summed E-state index contributed by atoms with van der Waals surface area (Å²) >= 11 is 0.972. The van der Waals surface area contributed by atoms with E-state index in [1.165, 1.54) is 31.2 Å². The number of carbonyl (C=O) groups excluding carboxylic acids is 2. The fraction of sp³-hybridized carbons (Fsp3) is 0.176. The molecule has 2 aromatic heterocycles. The number of ketones is 1. The van der Waals surface area contributed by atoms with Gasteiger partial charge in [0.05, 0.1) is 16.9 Å². The molecule has 28 heavy (non-hydrogen) atoms. The highest BCUT2D eigenvalue weighted by molar-refractivity contribution is 7.89. The van der Waals surface area contributed by atoms with Gasteiger partial charge in [0.2, 0.25) is 15.2 Å². The quantitative estimate of drug-likeness (QED) is 0.621. The summed E-state index contributed by atoms with van der Waals surface area (Å²) in [4.78, 5) is 27.7. The molecule has 0 aliphatic rings. The number of rotatable bonds is 6. The smallest absolute Gasteiger partial charge is 0.261 e. The highest BCUT2D eigenvalue weighted by Gasteiger charge is 2.19. The number of furan rings is 1. The molecule has 0 atom stereocenters. The second kappa shape index (κ2) is 7.62. The first-order chi connectivity index (χ1) is 13.1. The van der Waals surface area contributed by atoms with Crippen molar-refractivity contribution >= 4 is 38.4 Å². The van der Waals surface area contributed by atoms with Crippen LogP contribution < -0.4 is 10.5 Å². The van der Waals surface area contributed by atoms with E-state index < -0.39 is 15.9 Å². The predicted molar refractivity (Wildman–Crippen MR) is 103 cm³/mol. The zero-order valence-electron chi connectivity index (χ0n) is 14.9. The van der Waals surface area contributed by atoms with Crippen molar-refractivity contribution in [2.45, 2.75) is 25.2 Å². The van der Waals surface area contributed by atoms with Gasteiger partial charge in [-0.05, 0) is 32.0 Å². The van der Waals surface area contributed by atoms with Crippen LogP contribution in [0.25, 0.3) is 11.3 Å². The fourth-order valence-corrected chi connectivity index (χ4v) is 3.58. The number of sulfonamides is 1. The number of aromatic nitrogens is 2. The summed E-state index contributed by atoms with van der Waals surface area (Å²) in [5, 5.41) is 8.03. The molecule has 0 aliphatic carbocycles. The second-order valence-electron chi connectivity index (χ2n) is 6.00. The van der Waals surface area contributed by atoms with Gasteiger partial charge in [0, 0.05) is 17.1 Å². The van der Waals surface area contributed by atoms with Crippen LogP contribution in [0.2, 0.25) is 0 Å². The molecular formula is C17H16N4O5S2. The molecule has 3 rings (SSSR count). The van der Waals surface area contributed by atoms with Crippen LogP contribution >= 0.6 is 11.5 Å². The van der Waals surface area contributed by atoms with Crippen LogP contribution in [0.4, 0.5) is 5.13 Å². The summed E-state index contributed by atoms with van der Waals surface area (Å²) in [7, 11) is -3.86. The Hall–Kier alpha value is -2.89. The summed E-state index contributed by atoms with van der Waals surface area (Å²) in [6.45, 7) is 3.05. The Morgan fingerprint density at radius 1 is 1.29 bits per heavy atom. The summed E-state index contributed by atoms with van der Waals surface area (Å²) < 4.78 is 32.7. The van der Waals surface area contributed by atoms with E-state index in [-0.39, 0.29) is 27.8 Å². The molecule has 9 nitrogen and oxygen atoms in total. The number of carbonyl (C=O) groups is 2. The third kappa shape index (κ3) is 4.50. The van der Waals surface area contributed by atoms with Crippen LogP contribution in [-0.2, 0) is 21.2 Å². The number of primary sulfonamides is 1. The first-order valence-electron chi connectivity index (χ1n) is 8.00. The van der Waals surface area contributed by atoms with Gasteiger partial charge in [-0.2, -0.15) is 4.37 Å². The Morgan fingerprint density at radius 2 is 2.04 bits per heavy atom. The highest BCUT2D eigenvalue weighted by Crippen LogP contribution is 2.27. The van der Waals surface area contributed by atoms with Crippen LogP contribution in [0.1, 0.15) is 28.9 Å². The van der Waals surface area contributed by atoms with Gasteiger partial charge in [-0.3, -0.25) is 14.9 Å². The lowest BCUT2D eigenvalue weighted by Gasteiger charge is -2.00. The number of nitrogens with zero attached hydrogens (tertiary/aromatic N) is 2. The maximum absolute atomic E-state index is 12.5. The number of aryl methyl sites for hydroxylation is 1. The third-order valence-corrected chi connectivity index (χ3v) is 5.28. The largest absolute Gasteiger partial charge is 0.461 e. The Labute approximate surface area is 164 Å². The van der Waals surface area contributed by atoms with E-state index >= 15 is 0 Å². The van der Waals surface area contributed by atoms with E-state index in [4.69, 9.17) is 9.56 Å². The monoisotopic (exact) mass is 420 g/mol. The molecule has 1 amide bonds. The molecule has 2 heterocycles. The van der Waals surface area contributed by atoms with Gasteiger partial charge >= 0.3 is 0 Å². The molecule has 0 spiro atoms. The Morgan fingerprint density at radius 3 is 2.71 bits per heavy atom. The number of nitrogens with one attached hydrogen (secondary N) is 1. The van der Waals surface area contributed by atoms with E-state index in [0.717, 1.165) is 11.5 Å². The Bertz CT molecular complexity index is 1160. The summed E-state index contributed by atoms with van der Waals surface area (Å²) in [6, 6.07) is 7.42. The van der Waals surface area contributed by atoms with Crippen molar-refractivity contribution in [3.05, 3.63) is 47.5 Å². The fourth-order valence-electron chi connectivity index (χ4n) is 2.44. The predicted octanol–water partition coefficient (Wildman–Crippen LogP) is 2.14. The number of anilines is 1. The zero-order valence-corrected chi connectivity index (χ0v) is 16.6. The Balaban J connectivity index is 1.83. The molecule has 11 heteroatoms. The molecule has 0 saturated heterocycles. The lowest BCUT2D eigenvalue weighted by molar-refractivity contribution is -0.116. The molecule has 3 aromatic rings. The number of Topliss-reactive ketones (excluding diaryl/α,β-unsaturated/α-hetero) is 1. The molecule has 0 unspecified atom stereocenters. The zero-order chi connectivity index (χ0) is 20.5. The lowest BCUT2D eigenvalue weighted by atomic mass is 10.1. The van der Waals surface area contributed by atoms with Crippen molar-refractivity contribution < 1.29 is 22.4 Å². The van der Waals surface area contributed by atoms with Crippen molar-refractivity contribution in [3.8, 4) is 11.3 Å². The highest BCUT2D eigenvalue weighted by atomic mass is 32.2. The molecule has 0 fully saturated rings. The van der Waals surface area contributed by atoms with Gasteiger partial charge in [-0.1, -0.05) is 12.1 Å². The van der Waals surface area contributed by atoms with E-state index in [0.29, 0.717) is 22.9 Å². The maximum Gasteiger partial charge on any atom is 0.261 e. The van der Waals surface area contributed by atoms with Crippen LogP contribution in [0.15, 0.2) is 39.6 Å². The molecule has 0 bridgehead atoms. The average Bonchev–Trinajstić information content (AvgIpc) is 3.20. The molecule has 0 radical (unpaired) electrons. The summed E-state index contributed by atoms with van der Waals surface area (Å²) in [5.41, 5.74) is 0.729. The molecule has 0 saturated carbocycles. The minimum Gasteiger partial charge on any atom is -0.461 e. The lowest BCUT2D eigenvalue weighted by Crippen LogP contribution is -2.12. The van der Waals surface area contributed by atoms with E-state index in [9.17, 15) is 18.0 Å². The molecular weight excluding hydrogens is 404 g/mol. The molecule has 146 valence electrons. The molecule has 0 aliphatic heterocycles. The van der Waals surface area contributed by atoms with Crippen LogP contribution in [-0.4, -0.2) is 29.5 Å². The van der Waals surface area contributed by atoms with E-state index in [1.807, 2.05) is 0 Å². The number of amides is 1. The molecule has 3 N–H and O–H groups in total. The number of hydrogen-bond donors (Lipinski definition) is 2. The van der Waals surface area contributed by atoms with Gasteiger partial charge < -0.3 is 4.42 Å². The van der Waals surface area contributed by atoms with Gasteiger partial charge in [0.1, 0.15) is 17.3 Å². The third-order valence-electron chi connectivity index (χ3n) is 3.71. The summed E-state index contributed by atoms with van der Waals surface area (Å²) in [5.74, 6) is 0.482. The number of hydrogen-bond acceptors (Lipinski definition) is 8. The van der Waals surface area contributed by atoms with E-state index in [1.54, 1.807) is 13.0 Å². The standard InChI is InChI=1S/C17H16N4O5S2/c1-9(22)6-15-19-17(27-21-15)20-16(23)13-8-14(26-10(13)2)11-4-3-5-12(7-11)28(18,24)25/h3-5,7-8H,6H2,1-2H3,(H2,18,24,25)(H,19,20,21,23). The van der Waals surface area contributed by atoms with Gasteiger partial charge in [0.15, 0.2) is 5.82 Å². The van der Waals surface area contributed by atoms with Crippen molar-refractivity contribution in [3.63, 3.8) is 0 Å². The first kappa shape index (κ1) is 19.9. The number of benzene rings is 1. The number of nitrogens with two attached hydrogens (primary N) is 1. The Kier molecular flexibility index (Phi) is 5.40. The second-order valence-corrected chi connectivity index (χ2v) is 8.32. The van der Waals surface area contributed by atoms with Crippen LogP contribution in [0.3, 0.4) is 0 Å². The first-order valence-corrected chi connectivity index (χ1v) is 10.3. The van der Waals surface area contributed by atoms with Crippen molar-refractivity contribution in [2.75, 3.05) is 5.32 Å². The van der Waals surface area contributed by atoms with Gasteiger partial charge in [0.25, 0.3) is 5.91 Å². The minimum atomic E-state index is -3.86. The molecule has 1 aromatic carbocycles. The van der Waals surface area contributed by atoms with Crippen LogP contribution in [0.5, 0.6) is 0 Å². The van der Waals surface area contributed by atoms with Crippen molar-refractivity contribution in [2.24, 2.45) is 5.14 Å². The average molecular weight is 420 g/mol.